The molecule has 0 radical (unpaired) electrons. The average Bonchev–Trinajstić information content (AvgIpc) is 2.74. The minimum Gasteiger partial charge on any atom is -0.449 e. The second-order valence-electron chi connectivity index (χ2n) is 6.14. The number of anilines is 1. The largest absolute Gasteiger partial charge is 0.449 e. The van der Waals surface area contributed by atoms with E-state index in [1.807, 2.05) is 54.6 Å². The Morgan fingerprint density at radius 3 is 2.25 bits per heavy atom. The molecule has 28 heavy (non-hydrogen) atoms. The Bertz CT molecular complexity index is 1020. The molecule has 1 atom stereocenters. The first-order valence-electron chi connectivity index (χ1n) is 8.75. The van der Waals surface area contributed by atoms with Gasteiger partial charge < -0.3 is 10.1 Å². The molecule has 1 amide bonds. The number of hydrogen-bond donors (Lipinski definition) is 1. The number of nitrogens with zero attached hydrogens (tertiary/aromatic N) is 1. The lowest BCUT2D eigenvalue weighted by molar-refractivity contribution is -0.123. The maximum absolute atomic E-state index is 12.5. The third-order valence-corrected chi connectivity index (χ3v) is 4.17. The van der Waals surface area contributed by atoms with E-state index in [1.165, 1.54) is 31.2 Å². The van der Waals surface area contributed by atoms with E-state index >= 15 is 0 Å². The van der Waals surface area contributed by atoms with Crippen molar-refractivity contribution in [3.05, 3.63) is 90.0 Å². The third kappa shape index (κ3) is 4.43. The number of esters is 1. The number of amides is 1. The molecule has 0 aliphatic heterocycles. The van der Waals surface area contributed by atoms with Crippen LogP contribution in [0.3, 0.4) is 0 Å². The van der Waals surface area contributed by atoms with Gasteiger partial charge in [-0.3, -0.25) is 4.79 Å². The Kier molecular flexibility index (Phi) is 5.83. The summed E-state index contributed by atoms with van der Waals surface area (Å²) in [5, 5.41) is 11.6. The first kappa shape index (κ1) is 18.9. The monoisotopic (exact) mass is 370 g/mol. The van der Waals surface area contributed by atoms with Gasteiger partial charge in [0, 0.05) is 11.3 Å². The Balaban J connectivity index is 1.69. The molecule has 1 N–H and O–H groups in total. The molecule has 5 heteroatoms. The molecule has 0 saturated heterocycles. The molecule has 0 bridgehead atoms. The van der Waals surface area contributed by atoms with Crippen molar-refractivity contribution in [3.8, 4) is 17.2 Å². The molecule has 0 unspecified atom stereocenters. The molecule has 0 spiro atoms. The van der Waals surface area contributed by atoms with Crippen LogP contribution in [0.15, 0.2) is 78.9 Å². The van der Waals surface area contributed by atoms with Crippen LogP contribution in [-0.2, 0) is 9.53 Å². The normalized spacial score (nSPS) is 11.1. The van der Waals surface area contributed by atoms with Gasteiger partial charge in [-0.25, -0.2) is 4.79 Å². The number of nitriles is 1. The maximum atomic E-state index is 12.5. The summed E-state index contributed by atoms with van der Waals surface area (Å²) >= 11 is 0. The van der Waals surface area contributed by atoms with Crippen LogP contribution in [0.25, 0.3) is 11.1 Å². The summed E-state index contributed by atoms with van der Waals surface area (Å²) in [5.41, 5.74) is 3.21. The van der Waals surface area contributed by atoms with E-state index in [-0.39, 0.29) is 5.56 Å². The SMILES string of the molecule is C[C@H](OC(=O)c1ccc(C#N)cc1)C(=O)Nc1ccccc1-c1ccccc1. The predicted molar refractivity (Wildman–Crippen MR) is 107 cm³/mol. The van der Waals surface area contributed by atoms with Crippen molar-refractivity contribution in [1.82, 2.24) is 0 Å². The lowest BCUT2D eigenvalue weighted by Crippen LogP contribution is -2.30. The average molecular weight is 370 g/mol. The Morgan fingerprint density at radius 2 is 1.57 bits per heavy atom. The van der Waals surface area contributed by atoms with Gasteiger partial charge in [-0.1, -0.05) is 48.5 Å². The number of benzene rings is 3. The fourth-order valence-electron chi connectivity index (χ4n) is 2.66. The predicted octanol–water partition coefficient (Wildman–Crippen LogP) is 4.41. The number of carbonyl (C=O) groups is 2. The number of hydrogen-bond acceptors (Lipinski definition) is 4. The molecule has 5 nitrogen and oxygen atoms in total. The van der Waals surface area contributed by atoms with E-state index < -0.39 is 18.0 Å². The van der Waals surface area contributed by atoms with Crippen molar-refractivity contribution in [2.24, 2.45) is 0 Å². The molecule has 0 aliphatic rings. The highest BCUT2D eigenvalue weighted by Gasteiger charge is 2.20. The van der Waals surface area contributed by atoms with E-state index in [4.69, 9.17) is 10.00 Å². The lowest BCUT2D eigenvalue weighted by atomic mass is 10.0. The smallest absolute Gasteiger partial charge is 0.338 e. The molecule has 0 fully saturated rings. The molecule has 0 heterocycles. The fraction of sp³-hybridized carbons (Fsp3) is 0.0870. The van der Waals surface area contributed by atoms with Crippen LogP contribution in [0.1, 0.15) is 22.8 Å². The van der Waals surface area contributed by atoms with Crippen molar-refractivity contribution in [2.45, 2.75) is 13.0 Å². The molecule has 0 saturated carbocycles. The van der Waals surface area contributed by atoms with Gasteiger partial charge in [-0.15, -0.1) is 0 Å². The van der Waals surface area contributed by atoms with Gasteiger partial charge in [-0.05, 0) is 42.8 Å². The summed E-state index contributed by atoms with van der Waals surface area (Å²) in [6.07, 6.45) is -0.980. The molecule has 3 aromatic carbocycles. The highest BCUT2D eigenvalue weighted by Crippen LogP contribution is 2.27. The minimum absolute atomic E-state index is 0.281. The van der Waals surface area contributed by atoms with Crippen LogP contribution < -0.4 is 5.32 Å². The van der Waals surface area contributed by atoms with E-state index in [2.05, 4.69) is 5.32 Å². The molecule has 0 aromatic heterocycles. The van der Waals surface area contributed by atoms with E-state index in [9.17, 15) is 9.59 Å². The summed E-state index contributed by atoms with van der Waals surface area (Å²) in [5.74, 6) is -1.05. The van der Waals surface area contributed by atoms with Crippen LogP contribution in [-0.4, -0.2) is 18.0 Å². The number of carbonyl (C=O) groups excluding carboxylic acids is 2. The second kappa shape index (κ2) is 8.65. The molecule has 3 rings (SSSR count). The van der Waals surface area contributed by atoms with Gasteiger partial charge in [0.1, 0.15) is 0 Å². The van der Waals surface area contributed by atoms with Crippen LogP contribution >= 0.6 is 0 Å². The first-order chi connectivity index (χ1) is 13.6. The number of para-hydroxylation sites is 1. The topological polar surface area (TPSA) is 79.2 Å². The van der Waals surface area contributed by atoms with E-state index in [0.29, 0.717) is 11.3 Å². The Morgan fingerprint density at radius 1 is 0.929 bits per heavy atom. The highest BCUT2D eigenvalue weighted by atomic mass is 16.5. The maximum Gasteiger partial charge on any atom is 0.338 e. The molecule has 138 valence electrons. The minimum atomic E-state index is -0.980. The summed E-state index contributed by atoms with van der Waals surface area (Å²) in [4.78, 5) is 24.7. The van der Waals surface area contributed by atoms with Crippen molar-refractivity contribution in [2.75, 3.05) is 5.32 Å². The van der Waals surface area contributed by atoms with Crippen molar-refractivity contribution in [3.63, 3.8) is 0 Å². The zero-order valence-corrected chi connectivity index (χ0v) is 15.3. The van der Waals surface area contributed by atoms with Gasteiger partial charge in [0.15, 0.2) is 6.10 Å². The van der Waals surface area contributed by atoms with Crippen LogP contribution in [0.2, 0.25) is 0 Å². The van der Waals surface area contributed by atoms with Gasteiger partial charge in [0.05, 0.1) is 17.2 Å². The molecule has 0 aliphatic carbocycles. The zero-order chi connectivity index (χ0) is 19.9. The third-order valence-electron chi connectivity index (χ3n) is 4.17. The quantitative estimate of drug-likeness (QED) is 0.675. The van der Waals surface area contributed by atoms with Crippen molar-refractivity contribution < 1.29 is 14.3 Å². The summed E-state index contributed by atoms with van der Waals surface area (Å²) in [6.45, 7) is 1.52. The van der Waals surface area contributed by atoms with Gasteiger partial charge in [-0.2, -0.15) is 5.26 Å². The van der Waals surface area contributed by atoms with Gasteiger partial charge in [0.2, 0.25) is 0 Å². The van der Waals surface area contributed by atoms with Gasteiger partial charge in [0.25, 0.3) is 5.91 Å². The van der Waals surface area contributed by atoms with E-state index in [0.717, 1.165) is 11.1 Å². The second-order valence-corrected chi connectivity index (χ2v) is 6.14. The fourth-order valence-corrected chi connectivity index (χ4v) is 2.66. The summed E-state index contributed by atoms with van der Waals surface area (Å²) in [7, 11) is 0. The highest BCUT2D eigenvalue weighted by molar-refractivity contribution is 5.99. The number of nitrogens with one attached hydrogen (secondary N) is 1. The first-order valence-corrected chi connectivity index (χ1v) is 8.75. The van der Waals surface area contributed by atoms with Crippen molar-refractivity contribution in [1.29, 1.82) is 5.26 Å². The van der Waals surface area contributed by atoms with E-state index in [1.54, 1.807) is 6.07 Å². The molecular weight excluding hydrogens is 352 g/mol. The standard InChI is InChI=1S/C23H18N2O3/c1-16(28-23(27)19-13-11-17(15-24)12-14-19)22(26)25-21-10-6-5-9-20(21)18-7-3-2-4-8-18/h2-14,16H,1H3,(H,25,26)/t16-/m0/s1. The Hall–Kier alpha value is -3.91. The molecule has 3 aromatic rings. The summed E-state index contributed by atoms with van der Waals surface area (Å²) < 4.78 is 5.26. The summed E-state index contributed by atoms with van der Waals surface area (Å²) in [6, 6.07) is 25.2. The number of ether oxygens (including phenoxy) is 1. The lowest BCUT2D eigenvalue weighted by Gasteiger charge is -2.16. The zero-order valence-electron chi connectivity index (χ0n) is 15.3. The number of rotatable bonds is 5. The van der Waals surface area contributed by atoms with Crippen LogP contribution in [0.5, 0.6) is 0 Å². The van der Waals surface area contributed by atoms with Gasteiger partial charge >= 0.3 is 5.97 Å². The van der Waals surface area contributed by atoms with Crippen LogP contribution in [0, 0.1) is 11.3 Å². The van der Waals surface area contributed by atoms with Crippen LogP contribution in [0.4, 0.5) is 5.69 Å². The molecular formula is C23H18N2O3. The van der Waals surface area contributed by atoms with Crippen molar-refractivity contribution >= 4 is 17.6 Å². The Labute approximate surface area is 163 Å².